The second-order valence-electron chi connectivity index (χ2n) is 5.52. The predicted octanol–water partition coefficient (Wildman–Crippen LogP) is 1.28. The van der Waals surface area contributed by atoms with Crippen LogP contribution >= 0.6 is 0 Å². The second kappa shape index (κ2) is 6.72. The second-order valence-corrected chi connectivity index (χ2v) is 5.52. The molecule has 0 saturated carbocycles. The number of amides is 2. The number of hydrogen-bond donors (Lipinski definition) is 1. The number of carbonyl (C=O) groups is 2. The van der Waals surface area contributed by atoms with Gasteiger partial charge in [0.15, 0.2) is 0 Å². The van der Waals surface area contributed by atoms with Crippen molar-refractivity contribution in [2.24, 2.45) is 0 Å². The van der Waals surface area contributed by atoms with E-state index in [0.29, 0.717) is 19.6 Å². The Bertz CT molecular complexity index is 528. The topological polar surface area (TPSA) is 58.6 Å². The van der Waals surface area contributed by atoms with E-state index in [-0.39, 0.29) is 17.9 Å². The average Bonchev–Trinajstić information content (AvgIpc) is 2.43. The number of benzene rings is 1. The van der Waals surface area contributed by atoms with Gasteiger partial charge in [0.2, 0.25) is 11.8 Å². The summed E-state index contributed by atoms with van der Waals surface area (Å²) in [6.45, 7) is 4.65. The standard InChI is InChI=1S/C16H22N2O3/c1-11(2)17-16(20)15-13-7-5-4-6-12(13)10-14(19)18(15)8-9-21-3/h4-7,11,15H,8-10H2,1-3H3,(H,17,20)/t15-/m1/s1. The van der Waals surface area contributed by atoms with Crippen molar-refractivity contribution >= 4 is 11.8 Å². The van der Waals surface area contributed by atoms with E-state index < -0.39 is 6.04 Å². The van der Waals surface area contributed by atoms with Crippen molar-refractivity contribution in [1.82, 2.24) is 10.2 Å². The van der Waals surface area contributed by atoms with Gasteiger partial charge in [0, 0.05) is 19.7 Å². The molecule has 1 heterocycles. The number of fused-ring (bicyclic) bond motifs is 1. The molecular formula is C16H22N2O3. The summed E-state index contributed by atoms with van der Waals surface area (Å²) in [5, 5.41) is 2.91. The number of nitrogens with zero attached hydrogens (tertiary/aromatic N) is 1. The summed E-state index contributed by atoms with van der Waals surface area (Å²) in [6, 6.07) is 7.10. The van der Waals surface area contributed by atoms with Gasteiger partial charge in [-0.3, -0.25) is 9.59 Å². The molecule has 21 heavy (non-hydrogen) atoms. The van der Waals surface area contributed by atoms with Crippen molar-refractivity contribution in [1.29, 1.82) is 0 Å². The first kappa shape index (κ1) is 15.5. The number of hydrogen-bond acceptors (Lipinski definition) is 3. The molecule has 1 N–H and O–H groups in total. The normalized spacial score (nSPS) is 17.8. The summed E-state index contributed by atoms with van der Waals surface area (Å²) in [6.07, 6.45) is 0.339. The SMILES string of the molecule is COCCN1C(=O)Cc2ccccc2[C@@H]1C(=O)NC(C)C. The van der Waals surface area contributed by atoms with E-state index in [4.69, 9.17) is 4.74 Å². The largest absolute Gasteiger partial charge is 0.383 e. The molecule has 1 aliphatic heterocycles. The van der Waals surface area contributed by atoms with Crippen LogP contribution < -0.4 is 5.32 Å². The molecule has 0 unspecified atom stereocenters. The van der Waals surface area contributed by atoms with E-state index in [9.17, 15) is 9.59 Å². The molecule has 0 radical (unpaired) electrons. The first-order valence-electron chi connectivity index (χ1n) is 7.21. The van der Waals surface area contributed by atoms with Crippen LogP contribution in [0.25, 0.3) is 0 Å². The van der Waals surface area contributed by atoms with Crippen LogP contribution in [0, 0.1) is 0 Å². The van der Waals surface area contributed by atoms with Crippen molar-refractivity contribution in [2.75, 3.05) is 20.3 Å². The van der Waals surface area contributed by atoms with Gasteiger partial charge in [-0.25, -0.2) is 0 Å². The number of rotatable bonds is 5. The number of nitrogens with one attached hydrogen (secondary N) is 1. The summed E-state index contributed by atoms with van der Waals surface area (Å²) < 4.78 is 5.06. The van der Waals surface area contributed by atoms with Crippen molar-refractivity contribution in [2.45, 2.75) is 32.4 Å². The maximum Gasteiger partial charge on any atom is 0.247 e. The highest BCUT2D eigenvalue weighted by atomic mass is 16.5. The fraction of sp³-hybridized carbons (Fsp3) is 0.500. The first-order valence-corrected chi connectivity index (χ1v) is 7.21. The Morgan fingerprint density at radius 3 is 2.81 bits per heavy atom. The van der Waals surface area contributed by atoms with Crippen molar-refractivity contribution in [3.05, 3.63) is 35.4 Å². The molecule has 0 spiro atoms. The fourth-order valence-electron chi connectivity index (χ4n) is 2.63. The van der Waals surface area contributed by atoms with Crippen LogP contribution in [-0.2, 0) is 20.7 Å². The van der Waals surface area contributed by atoms with E-state index in [2.05, 4.69) is 5.32 Å². The molecule has 1 atom stereocenters. The number of carbonyl (C=O) groups excluding carboxylic acids is 2. The van der Waals surface area contributed by atoms with Gasteiger partial charge in [-0.15, -0.1) is 0 Å². The lowest BCUT2D eigenvalue weighted by molar-refractivity contribution is -0.142. The zero-order valence-corrected chi connectivity index (χ0v) is 12.8. The van der Waals surface area contributed by atoms with E-state index in [1.54, 1.807) is 12.0 Å². The lowest BCUT2D eigenvalue weighted by atomic mass is 9.91. The van der Waals surface area contributed by atoms with E-state index in [1.807, 2.05) is 38.1 Å². The molecule has 0 aromatic heterocycles. The highest BCUT2D eigenvalue weighted by molar-refractivity contribution is 5.92. The van der Waals surface area contributed by atoms with Gasteiger partial charge in [-0.2, -0.15) is 0 Å². The summed E-state index contributed by atoms with van der Waals surface area (Å²) in [5.74, 6) is -0.170. The molecule has 0 saturated heterocycles. The molecule has 5 heteroatoms. The van der Waals surface area contributed by atoms with Gasteiger partial charge < -0.3 is 15.0 Å². The highest BCUT2D eigenvalue weighted by Crippen LogP contribution is 2.30. The van der Waals surface area contributed by atoms with Crippen LogP contribution in [-0.4, -0.2) is 43.0 Å². The molecular weight excluding hydrogens is 268 g/mol. The Morgan fingerprint density at radius 2 is 2.14 bits per heavy atom. The van der Waals surface area contributed by atoms with E-state index >= 15 is 0 Å². The molecule has 1 aromatic carbocycles. The summed E-state index contributed by atoms with van der Waals surface area (Å²) in [7, 11) is 1.59. The minimum atomic E-state index is -0.569. The van der Waals surface area contributed by atoms with Crippen molar-refractivity contribution < 1.29 is 14.3 Å². The Balaban J connectivity index is 2.36. The Hall–Kier alpha value is -1.88. The van der Waals surface area contributed by atoms with Crippen LogP contribution in [0.5, 0.6) is 0 Å². The van der Waals surface area contributed by atoms with E-state index in [0.717, 1.165) is 11.1 Å². The summed E-state index contributed by atoms with van der Waals surface area (Å²) in [5.41, 5.74) is 1.84. The van der Waals surface area contributed by atoms with Gasteiger partial charge in [0.1, 0.15) is 6.04 Å². The van der Waals surface area contributed by atoms with Gasteiger partial charge >= 0.3 is 0 Å². The molecule has 114 valence electrons. The van der Waals surface area contributed by atoms with E-state index in [1.165, 1.54) is 0 Å². The molecule has 1 aliphatic rings. The third-order valence-corrected chi connectivity index (χ3v) is 3.54. The third-order valence-electron chi connectivity index (χ3n) is 3.54. The molecule has 0 aliphatic carbocycles. The minimum absolute atomic E-state index is 0.0327. The van der Waals surface area contributed by atoms with Gasteiger partial charge in [-0.05, 0) is 25.0 Å². The Morgan fingerprint density at radius 1 is 1.43 bits per heavy atom. The van der Waals surface area contributed by atoms with Gasteiger partial charge in [0.25, 0.3) is 0 Å². The first-order chi connectivity index (χ1) is 10.0. The maximum absolute atomic E-state index is 12.5. The zero-order valence-electron chi connectivity index (χ0n) is 12.8. The summed E-state index contributed by atoms with van der Waals surface area (Å²) in [4.78, 5) is 26.5. The quantitative estimate of drug-likeness (QED) is 0.889. The maximum atomic E-state index is 12.5. The molecule has 0 fully saturated rings. The Kier molecular flexibility index (Phi) is 4.96. The van der Waals surface area contributed by atoms with Crippen LogP contribution in [0.1, 0.15) is 31.0 Å². The number of methoxy groups -OCH3 is 1. The van der Waals surface area contributed by atoms with Gasteiger partial charge in [-0.1, -0.05) is 24.3 Å². The molecule has 0 bridgehead atoms. The van der Waals surface area contributed by atoms with Crippen LogP contribution in [0.4, 0.5) is 0 Å². The third kappa shape index (κ3) is 3.42. The highest BCUT2D eigenvalue weighted by Gasteiger charge is 2.36. The molecule has 5 nitrogen and oxygen atoms in total. The fourth-order valence-corrected chi connectivity index (χ4v) is 2.63. The smallest absolute Gasteiger partial charge is 0.247 e. The zero-order chi connectivity index (χ0) is 15.4. The predicted molar refractivity (Wildman–Crippen MR) is 79.8 cm³/mol. The van der Waals surface area contributed by atoms with Crippen molar-refractivity contribution in [3.63, 3.8) is 0 Å². The Labute approximate surface area is 125 Å². The van der Waals surface area contributed by atoms with Crippen molar-refractivity contribution in [3.8, 4) is 0 Å². The monoisotopic (exact) mass is 290 g/mol. The van der Waals surface area contributed by atoms with Crippen LogP contribution in [0.3, 0.4) is 0 Å². The molecule has 1 aromatic rings. The van der Waals surface area contributed by atoms with Crippen LogP contribution in [0.15, 0.2) is 24.3 Å². The van der Waals surface area contributed by atoms with Gasteiger partial charge in [0.05, 0.1) is 13.0 Å². The lowest BCUT2D eigenvalue weighted by Gasteiger charge is -2.36. The molecule has 2 rings (SSSR count). The minimum Gasteiger partial charge on any atom is -0.383 e. The van der Waals surface area contributed by atoms with Crippen LogP contribution in [0.2, 0.25) is 0 Å². The summed E-state index contributed by atoms with van der Waals surface area (Å²) >= 11 is 0. The average molecular weight is 290 g/mol. The number of ether oxygens (including phenoxy) is 1. The lowest BCUT2D eigenvalue weighted by Crippen LogP contribution is -2.49. The molecule has 2 amide bonds.